The highest BCUT2D eigenvalue weighted by Gasteiger charge is 2.28. The number of hydrogen-bond donors (Lipinski definition) is 1. The third-order valence-corrected chi connectivity index (χ3v) is 6.31. The Morgan fingerprint density at radius 2 is 1.97 bits per heavy atom. The van der Waals surface area contributed by atoms with E-state index >= 15 is 0 Å². The van der Waals surface area contributed by atoms with E-state index in [1.807, 2.05) is 16.8 Å². The summed E-state index contributed by atoms with van der Waals surface area (Å²) < 4.78 is 4.89. The van der Waals surface area contributed by atoms with Gasteiger partial charge in [0.2, 0.25) is 0 Å². The first-order valence-electron chi connectivity index (χ1n) is 10.5. The van der Waals surface area contributed by atoms with Crippen molar-refractivity contribution in [3.63, 3.8) is 0 Å². The van der Waals surface area contributed by atoms with E-state index in [0.717, 1.165) is 17.8 Å². The number of amides is 2. The molecule has 0 spiro atoms. The molecule has 0 aliphatic carbocycles. The minimum absolute atomic E-state index is 0.187. The molecule has 0 radical (unpaired) electrons. The molecule has 5 rings (SSSR count). The number of nitrogens with zero attached hydrogens (tertiary/aromatic N) is 7. The predicted molar refractivity (Wildman–Crippen MR) is 127 cm³/mol. The smallest absolute Gasteiger partial charge is 0.275 e. The van der Waals surface area contributed by atoms with Crippen LogP contribution in [-0.2, 0) is 13.6 Å². The molecule has 174 valence electrons. The zero-order valence-electron chi connectivity index (χ0n) is 18.2. The quantitative estimate of drug-likeness (QED) is 0.439. The fourth-order valence-corrected chi connectivity index (χ4v) is 3.94. The number of anilines is 1. The third kappa shape index (κ3) is 4.29. The maximum atomic E-state index is 12.9. The lowest BCUT2D eigenvalue weighted by molar-refractivity contribution is 0.0648. The molecule has 0 saturated carbocycles. The molecule has 4 aromatic rings. The molecule has 1 N–H and O–H groups in total. The number of likely N-dealkylation sites (tertiary alicyclic amines) is 1. The first kappa shape index (κ1) is 22.2. The van der Waals surface area contributed by atoms with E-state index in [-0.39, 0.29) is 17.2 Å². The second-order valence-electron chi connectivity index (χ2n) is 7.90. The minimum Gasteiger partial charge on any atom is -0.338 e. The predicted octanol–water partition coefficient (Wildman–Crippen LogP) is 3.26. The van der Waals surface area contributed by atoms with Gasteiger partial charge < -0.3 is 14.8 Å². The van der Waals surface area contributed by atoms with Crippen molar-refractivity contribution in [2.45, 2.75) is 13.0 Å². The van der Waals surface area contributed by atoms with Gasteiger partial charge in [-0.25, -0.2) is 4.98 Å². The van der Waals surface area contributed by atoms with Gasteiger partial charge in [-0.2, -0.15) is 10.2 Å². The van der Waals surface area contributed by atoms with Crippen LogP contribution in [0.1, 0.15) is 33.0 Å². The van der Waals surface area contributed by atoms with Crippen LogP contribution in [0.5, 0.6) is 0 Å². The van der Waals surface area contributed by atoms with Gasteiger partial charge in [-0.15, -0.1) is 0 Å². The van der Waals surface area contributed by atoms with Gasteiger partial charge in [-0.05, 0) is 24.6 Å². The largest absolute Gasteiger partial charge is 0.338 e. The van der Waals surface area contributed by atoms with E-state index in [1.165, 1.54) is 10.9 Å². The number of imidazole rings is 1. The summed E-state index contributed by atoms with van der Waals surface area (Å²) in [6.07, 6.45) is 7.68. The number of carbonyl (C=O) groups is 2. The number of aryl methyl sites for hydroxylation is 1. The number of nitrogens with one attached hydrogen (secondary N) is 1. The lowest BCUT2D eigenvalue weighted by atomic mass is 10.1. The number of halogens is 2. The highest BCUT2D eigenvalue weighted by molar-refractivity contribution is 6.42. The highest BCUT2D eigenvalue weighted by Crippen LogP contribution is 2.24. The second-order valence-corrected chi connectivity index (χ2v) is 8.71. The van der Waals surface area contributed by atoms with E-state index in [2.05, 4.69) is 20.5 Å². The SMILES string of the molecule is Cn1ncc(C(=O)N2CCC2)c1C(=O)Nc1ccn(Cc2cn(-c3ccc(Cl)c(Cl)c3)cn2)n1. The van der Waals surface area contributed by atoms with Gasteiger partial charge >= 0.3 is 0 Å². The monoisotopic (exact) mass is 498 g/mol. The normalized spacial score (nSPS) is 13.1. The Labute approximate surface area is 204 Å². The molecule has 0 bridgehead atoms. The molecule has 34 heavy (non-hydrogen) atoms. The number of rotatable bonds is 6. The van der Waals surface area contributed by atoms with Crippen LogP contribution in [-0.4, -0.2) is 58.9 Å². The summed E-state index contributed by atoms with van der Waals surface area (Å²) in [6.45, 7) is 1.79. The highest BCUT2D eigenvalue weighted by atomic mass is 35.5. The summed E-state index contributed by atoms with van der Waals surface area (Å²) in [5.74, 6) is -0.275. The summed E-state index contributed by atoms with van der Waals surface area (Å²) in [7, 11) is 1.63. The fourth-order valence-electron chi connectivity index (χ4n) is 3.64. The van der Waals surface area contributed by atoms with Crippen molar-refractivity contribution in [2.75, 3.05) is 18.4 Å². The number of carbonyl (C=O) groups excluding carboxylic acids is 2. The Morgan fingerprint density at radius 3 is 2.71 bits per heavy atom. The Hall–Kier alpha value is -3.63. The third-order valence-electron chi connectivity index (χ3n) is 5.57. The summed E-state index contributed by atoms with van der Waals surface area (Å²) in [4.78, 5) is 31.6. The Morgan fingerprint density at radius 1 is 1.15 bits per heavy atom. The molecule has 1 fully saturated rings. The molecule has 0 unspecified atom stereocenters. The van der Waals surface area contributed by atoms with Gasteiger partial charge in [-0.1, -0.05) is 23.2 Å². The molecule has 2 amide bonds. The molecule has 1 aliphatic heterocycles. The molecule has 3 aromatic heterocycles. The summed E-state index contributed by atoms with van der Waals surface area (Å²) in [6, 6.07) is 7.02. The summed E-state index contributed by atoms with van der Waals surface area (Å²) in [5, 5.41) is 12.2. The number of aromatic nitrogens is 6. The van der Waals surface area contributed by atoms with Crippen LogP contribution in [0, 0.1) is 0 Å². The van der Waals surface area contributed by atoms with E-state index in [1.54, 1.807) is 47.4 Å². The summed E-state index contributed by atoms with van der Waals surface area (Å²) in [5.41, 5.74) is 2.08. The van der Waals surface area contributed by atoms with Crippen molar-refractivity contribution in [1.29, 1.82) is 0 Å². The van der Waals surface area contributed by atoms with Crippen molar-refractivity contribution in [3.8, 4) is 5.69 Å². The van der Waals surface area contributed by atoms with Crippen LogP contribution in [0.25, 0.3) is 5.69 Å². The fraction of sp³-hybridized carbons (Fsp3) is 0.227. The standard InChI is InChI=1S/C22H20Cl2N8O2/c1-29-20(16(10-26-29)22(34)30-6-2-7-30)21(33)27-19-5-8-32(28-19)12-14-11-31(13-25-14)15-3-4-17(23)18(24)9-15/h3-5,8-11,13H,2,6-7,12H2,1H3,(H,27,28,33). The second kappa shape index (κ2) is 8.96. The van der Waals surface area contributed by atoms with Gasteiger partial charge in [0.05, 0.1) is 40.4 Å². The van der Waals surface area contributed by atoms with Crippen LogP contribution in [0.3, 0.4) is 0 Å². The van der Waals surface area contributed by atoms with Crippen molar-refractivity contribution in [1.82, 2.24) is 34.0 Å². The molecular formula is C22H20Cl2N8O2. The van der Waals surface area contributed by atoms with Gasteiger partial charge in [-0.3, -0.25) is 19.0 Å². The van der Waals surface area contributed by atoms with Crippen LogP contribution in [0.15, 0.2) is 49.2 Å². The zero-order valence-corrected chi connectivity index (χ0v) is 19.7. The maximum Gasteiger partial charge on any atom is 0.275 e. The van der Waals surface area contributed by atoms with Crippen molar-refractivity contribution < 1.29 is 9.59 Å². The molecule has 0 atom stereocenters. The van der Waals surface area contributed by atoms with E-state index < -0.39 is 5.91 Å². The first-order valence-corrected chi connectivity index (χ1v) is 11.3. The maximum absolute atomic E-state index is 12.9. The van der Waals surface area contributed by atoms with E-state index in [9.17, 15) is 9.59 Å². The van der Waals surface area contributed by atoms with Crippen LogP contribution >= 0.6 is 23.2 Å². The van der Waals surface area contributed by atoms with Crippen molar-refractivity contribution in [2.24, 2.45) is 7.05 Å². The topological polar surface area (TPSA) is 103 Å². The molecule has 1 aliphatic rings. The molecule has 1 saturated heterocycles. The average molecular weight is 499 g/mol. The van der Waals surface area contributed by atoms with Gasteiger partial charge in [0.25, 0.3) is 11.8 Å². The van der Waals surface area contributed by atoms with Crippen molar-refractivity contribution in [3.05, 3.63) is 76.2 Å². The molecule has 4 heterocycles. The zero-order chi connectivity index (χ0) is 23.8. The van der Waals surface area contributed by atoms with Crippen LogP contribution < -0.4 is 5.32 Å². The van der Waals surface area contributed by atoms with Crippen LogP contribution in [0.2, 0.25) is 10.0 Å². The van der Waals surface area contributed by atoms with Gasteiger partial charge in [0.15, 0.2) is 5.82 Å². The molecule has 1 aromatic carbocycles. The van der Waals surface area contributed by atoms with Crippen molar-refractivity contribution >= 4 is 40.8 Å². The summed E-state index contributed by atoms with van der Waals surface area (Å²) >= 11 is 12.1. The van der Waals surface area contributed by atoms with Gasteiger partial charge in [0.1, 0.15) is 5.69 Å². The molecular weight excluding hydrogens is 479 g/mol. The Bertz CT molecular complexity index is 1390. The van der Waals surface area contributed by atoms with Gasteiger partial charge in [0, 0.05) is 44.3 Å². The van der Waals surface area contributed by atoms with Crippen LogP contribution in [0.4, 0.5) is 5.82 Å². The Balaban J connectivity index is 1.27. The lowest BCUT2D eigenvalue weighted by Gasteiger charge is -2.30. The number of benzene rings is 1. The number of hydrogen-bond acceptors (Lipinski definition) is 5. The lowest BCUT2D eigenvalue weighted by Crippen LogP contribution is -2.42. The van der Waals surface area contributed by atoms with E-state index in [0.29, 0.717) is 35.5 Å². The first-order chi connectivity index (χ1) is 16.4. The minimum atomic E-state index is -0.446. The van der Waals surface area contributed by atoms with E-state index in [4.69, 9.17) is 23.2 Å². The average Bonchev–Trinajstić information content (AvgIpc) is 3.49. The molecule has 10 nitrogen and oxygen atoms in total. The Kier molecular flexibility index (Phi) is 5.84. The molecule has 12 heteroatoms.